The van der Waals surface area contributed by atoms with Gasteiger partial charge in [0.1, 0.15) is 0 Å². The Bertz CT molecular complexity index is 214. The third-order valence-corrected chi connectivity index (χ3v) is 3.20. The zero-order valence-corrected chi connectivity index (χ0v) is 10.7. The second-order valence-electron chi connectivity index (χ2n) is 5.81. The Morgan fingerprint density at radius 2 is 2.00 bits per heavy atom. The molecule has 16 heavy (non-hydrogen) atoms. The normalized spacial score (nSPS) is 17.7. The third-order valence-electron chi connectivity index (χ3n) is 3.20. The Labute approximate surface area is 99.2 Å². The van der Waals surface area contributed by atoms with Gasteiger partial charge in [-0.05, 0) is 32.6 Å². The number of nitrogens with two attached hydrogens (primary N) is 1. The predicted molar refractivity (Wildman–Crippen MR) is 67.1 cm³/mol. The Kier molecular flexibility index (Phi) is 5.26. The highest BCUT2D eigenvalue weighted by Crippen LogP contribution is 2.28. The van der Waals surface area contributed by atoms with E-state index >= 15 is 0 Å². The van der Waals surface area contributed by atoms with Crippen molar-refractivity contribution in [1.29, 1.82) is 0 Å². The maximum Gasteiger partial charge on any atom is 0.221 e. The molecule has 0 aromatic carbocycles. The average molecular weight is 226 g/mol. The van der Waals surface area contributed by atoms with E-state index in [1.807, 2.05) is 13.8 Å². The van der Waals surface area contributed by atoms with E-state index in [-0.39, 0.29) is 5.91 Å². The molecule has 1 amide bonds. The van der Waals surface area contributed by atoms with Crippen molar-refractivity contribution in [2.24, 2.45) is 11.7 Å². The van der Waals surface area contributed by atoms with Gasteiger partial charge in [0.25, 0.3) is 0 Å². The van der Waals surface area contributed by atoms with Gasteiger partial charge in [0.05, 0.1) is 0 Å². The smallest absolute Gasteiger partial charge is 0.221 e. The molecule has 1 rings (SSSR count). The highest BCUT2D eigenvalue weighted by molar-refractivity contribution is 5.76. The van der Waals surface area contributed by atoms with Gasteiger partial charge in [0.2, 0.25) is 5.91 Å². The fourth-order valence-electron chi connectivity index (χ4n) is 2.39. The van der Waals surface area contributed by atoms with Gasteiger partial charge in [0, 0.05) is 18.5 Å². The molecule has 0 aliphatic heterocycles. The lowest BCUT2D eigenvalue weighted by Gasteiger charge is -2.17. The highest BCUT2D eigenvalue weighted by atomic mass is 16.1. The highest BCUT2D eigenvalue weighted by Gasteiger charge is 2.16. The molecule has 0 radical (unpaired) electrons. The first-order valence-electron chi connectivity index (χ1n) is 6.53. The summed E-state index contributed by atoms with van der Waals surface area (Å²) in [5.74, 6) is 1.00. The second-order valence-corrected chi connectivity index (χ2v) is 5.81. The van der Waals surface area contributed by atoms with E-state index in [0.717, 1.165) is 18.9 Å². The number of carbonyl (C=O) groups is 1. The van der Waals surface area contributed by atoms with Crippen molar-refractivity contribution in [2.45, 2.75) is 64.3 Å². The van der Waals surface area contributed by atoms with Crippen LogP contribution >= 0.6 is 0 Å². The van der Waals surface area contributed by atoms with Gasteiger partial charge in [0.15, 0.2) is 0 Å². The van der Waals surface area contributed by atoms with Gasteiger partial charge in [-0.15, -0.1) is 0 Å². The zero-order valence-electron chi connectivity index (χ0n) is 10.7. The van der Waals surface area contributed by atoms with Crippen molar-refractivity contribution >= 4 is 5.91 Å². The molecule has 3 N–H and O–H groups in total. The van der Waals surface area contributed by atoms with E-state index in [2.05, 4.69) is 5.32 Å². The molecule has 0 heterocycles. The van der Waals surface area contributed by atoms with Crippen LogP contribution in [-0.2, 0) is 4.79 Å². The largest absolute Gasteiger partial charge is 0.356 e. The quantitative estimate of drug-likeness (QED) is 0.682. The molecule has 0 spiro atoms. The van der Waals surface area contributed by atoms with Gasteiger partial charge in [-0.25, -0.2) is 0 Å². The molecule has 0 aromatic rings. The summed E-state index contributed by atoms with van der Waals surface area (Å²) in [6, 6.07) is 0. The Morgan fingerprint density at radius 1 is 1.38 bits per heavy atom. The predicted octanol–water partition coefficient (Wildman–Crippen LogP) is 2.20. The summed E-state index contributed by atoms with van der Waals surface area (Å²) in [5.41, 5.74) is 5.39. The molecular weight excluding hydrogens is 200 g/mol. The summed E-state index contributed by atoms with van der Waals surface area (Å²) in [6.45, 7) is 4.57. The van der Waals surface area contributed by atoms with E-state index in [1.54, 1.807) is 0 Å². The second kappa shape index (κ2) is 6.24. The lowest BCUT2D eigenvalue weighted by molar-refractivity contribution is -0.122. The van der Waals surface area contributed by atoms with Crippen LogP contribution in [0.5, 0.6) is 0 Å². The summed E-state index contributed by atoms with van der Waals surface area (Å²) in [7, 11) is 0. The zero-order chi connectivity index (χ0) is 12.0. The van der Waals surface area contributed by atoms with Crippen LogP contribution in [-0.4, -0.2) is 18.0 Å². The summed E-state index contributed by atoms with van der Waals surface area (Å²) in [4.78, 5) is 11.5. The van der Waals surface area contributed by atoms with E-state index < -0.39 is 5.54 Å². The summed E-state index contributed by atoms with van der Waals surface area (Å²) in [6.07, 6.45) is 8.38. The van der Waals surface area contributed by atoms with E-state index in [1.165, 1.54) is 32.1 Å². The van der Waals surface area contributed by atoms with Crippen LogP contribution in [0.1, 0.15) is 58.8 Å². The maximum atomic E-state index is 11.5. The van der Waals surface area contributed by atoms with E-state index in [9.17, 15) is 4.79 Å². The standard InChI is InChI=1S/C13H26N2O/c1-13(2,14)10-12(16)15-9-5-8-11-6-3-4-7-11/h11H,3-10,14H2,1-2H3,(H,15,16). The molecule has 94 valence electrons. The first-order chi connectivity index (χ1) is 7.47. The van der Waals surface area contributed by atoms with Crippen LogP contribution in [0.15, 0.2) is 0 Å². The monoisotopic (exact) mass is 226 g/mol. The van der Waals surface area contributed by atoms with Gasteiger partial charge < -0.3 is 11.1 Å². The van der Waals surface area contributed by atoms with E-state index in [0.29, 0.717) is 6.42 Å². The SMILES string of the molecule is CC(C)(N)CC(=O)NCCCC1CCCC1. The van der Waals surface area contributed by atoms with Crippen LogP contribution in [0.4, 0.5) is 0 Å². The maximum absolute atomic E-state index is 11.5. The topological polar surface area (TPSA) is 55.1 Å². The number of carbonyl (C=O) groups excluding carboxylic acids is 1. The molecule has 1 aliphatic rings. The Morgan fingerprint density at radius 3 is 2.56 bits per heavy atom. The first-order valence-corrected chi connectivity index (χ1v) is 6.53. The molecule has 3 nitrogen and oxygen atoms in total. The minimum Gasteiger partial charge on any atom is -0.356 e. The van der Waals surface area contributed by atoms with Crippen LogP contribution in [0.2, 0.25) is 0 Å². The van der Waals surface area contributed by atoms with E-state index in [4.69, 9.17) is 5.73 Å². The number of hydrogen-bond acceptors (Lipinski definition) is 2. The molecule has 0 bridgehead atoms. The van der Waals surface area contributed by atoms with Gasteiger partial charge in [-0.1, -0.05) is 25.7 Å². The van der Waals surface area contributed by atoms with Crippen molar-refractivity contribution in [1.82, 2.24) is 5.32 Å². The number of hydrogen-bond donors (Lipinski definition) is 2. The molecule has 0 saturated heterocycles. The molecule has 0 aromatic heterocycles. The van der Waals surface area contributed by atoms with Gasteiger partial charge in [-0.3, -0.25) is 4.79 Å². The number of amides is 1. The molecule has 0 unspecified atom stereocenters. The van der Waals surface area contributed by atoms with Crippen molar-refractivity contribution in [3.8, 4) is 0 Å². The molecule has 3 heteroatoms. The lowest BCUT2D eigenvalue weighted by atomic mass is 10.0. The minimum atomic E-state index is -0.393. The van der Waals surface area contributed by atoms with Crippen molar-refractivity contribution in [3.05, 3.63) is 0 Å². The fraction of sp³-hybridized carbons (Fsp3) is 0.923. The number of rotatable bonds is 6. The third kappa shape index (κ3) is 6.11. The molecule has 1 fully saturated rings. The lowest BCUT2D eigenvalue weighted by Crippen LogP contribution is -2.39. The van der Waals surface area contributed by atoms with Gasteiger partial charge >= 0.3 is 0 Å². The fourth-order valence-corrected chi connectivity index (χ4v) is 2.39. The van der Waals surface area contributed by atoms with Crippen LogP contribution < -0.4 is 11.1 Å². The summed E-state index contributed by atoms with van der Waals surface area (Å²) < 4.78 is 0. The summed E-state index contributed by atoms with van der Waals surface area (Å²) >= 11 is 0. The van der Waals surface area contributed by atoms with Crippen molar-refractivity contribution in [2.75, 3.05) is 6.54 Å². The molecule has 1 aliphatic carbocycles. The number of nitrogens with one attached hydrogen (secondary N) is 1. The Hall–Kier alpha value is -0.570. The van der Waals surface area contributed by atoms with Crippen molar-refractivity contribution < 1.29 is 4.79 Å². The first kappa shape index (κ1) is 13.5. The summed E-state index contributed by atoms with van der Waals surface area (Å²) in [5, 5.41) is 2.94. The molecule has 1 saturated carbocycles. The Balaban J connectivity index is 2.00. The molecule has 0 atom stereocenters. The van der Waals surface area contributed by atoms with Crippen molar-refractivity contribution in [3.63, 3.8) is 0 Å². The van der Waals surface area contributed by atoms with Crippen LogP contribution in [0.3, 0.4) is 0 Å². The molecular formula is C13H26N2O. The average Bonchev–Trinajstić information content (AvgIpc) is 2.62. The minimum absolute atomic E-state index is 0.0823. The van der Waals surface area contributed by atoms with Crippen LogP contribution in [0.25, 0.3) is 0 Å². The van der Waals surface area contributed by atoms with Gasteiger partial charge in [-0.2, -0.15) is 0 Å². The van der Waals surface area contributed by atoms with Crippen LogP contribution in [0, 0.1) is 5.92 Å².